The van der Waals surface area contributed by atoms with E-state index in [1.54, 1.807) is 18.6 Å². The van der Waals surface area contributed by atoms with Crippen molar-refractivity contribution in [3.8, 4) is 5.75 Å². The highest BCUT2D eigenvalue weighted by molar-refractivity contribution is 6.07. The zero-order valence-corrected chi connectivity index (χ0v) is 18.0. The molecule has 2 aliphatic rings. The van der Waals surface area contributed by atoms with Gasteiger partial charge in [0, 0.05) is 19.1 Å². The van der Waals surface area contributed by atoms with Crippen molar-refractivity contribution >= 4 is 17.7 Å². The molecule has 1 aromatic carbocycles. The first-order valence-electron chi connectivity index (χ1n) is 10.5. The highest BCUT2D eigenvalue weighted by Gasteiger charge is 2.48. The molecule has 0 radical (unpaired) electrons. The van der Waals surface area contributed by atoms with Gasteiger partial charge in [-0.25, -0.2) is 4.98 Å². The summed E-state index contributed by atoms with van der Waals surface area (Å²) in [6, 6.07) is 7.59. The number of rotatable bonds is 7. The molecule has 0 saturated heterocycles. The van der Waals surface area contributed by atoms with Gasteiger partial charge in [-0.1, -0.05) is 12.1 Å². The summed E-state index contributed by atoms with van der Waals surface area (Å²) in [6.07, 6.45) is 3.36. The minimum absolute atomic E-state index is 0.121. The number of nitrogens with zero attached hydrogens (tertiary/aromatic N) is 3. The summed E-state index contributed by atoms with van der Waals surface area (Å²) in [5, 5.41) is 5.82. The Bertz CT molecular complexity index is 1010. The highest BCUT2D eigenvalue weighted by Crippen LogP contribution is 2.29. The number of imidazole rings is 1. The van der Waals surface area contributed by atoms with Crippen LogP contribution in [-0.4, -0.2) is 57.4 Å². The van der Waals surface area contributed by atoms with Crippen molar-refractivity contribution in [1.82, 2.24) is 25.1 Å². The summed E-state index contributed by atoms with van der Waals surface area (Å²) < 4.78 is 6.77. The van der Waals surface area contributed by atoms with E-state index in [4.69, 9.17) is 4.74 Å². The lowest BCUT2D eigenvalue weighted by Crippen LogP contribution is -2.63. The first-order chi connectivity index (χ1) is 14.9. The fourth-order valence-corrected chi connectivity index (χ4v) is 3.95. The van der Waals surface area contributed by atoms with Crippen molar-refractivity contribution in [2.75, 3.05) is 13.7 Å². The van der Waals surface area contributed by atoms with Gasteiger partial charge in [0.25, 0.3) is 11.8 Å². The van der Waals surface area contributed by atoms with Crippen molar-refractivity contribution in [1.29, 1.82) is 0 Å². The molecule has 1 aliphatic heterocycles. The van der Waals surface area contributed by atoms with Crippen LogP contribution in [0.25, 0.3) is 0 Å². The molecule has 3 amide bonds. The van der Waals surface area contributed by atoms with Crippen LogP contribution in [0, 0.1) is 0 Å². The third kappa shape index (κ3) is 3.87. The van der Waals surface area contributed by atoms with Crippen LogP contribution in [0.4, 0.5) is 0 Å². The Kier molecular flexibility index (Phi) is 5.43. The quantitative estimate of drug-likeness (QED) is 0.696. The van der Waals surface area contributed by atoms with E-state index in [-0.39, 0.29) is 41.7 Å². The second-order valence-corrected chi connectivity index (χ2v) is 8.17. The van der Waals surface area contributed by atoms with E-state index in [9.17, 15) is 14.4 Å². The number of likely N-dealkylation sites (N-methyl/N-ethyl adjacent to an activating group) is 1. The van der Waals surface area contributed by atoms with Crippen molar-refractivity contribution in [2.45, 2.75) is 51.4 Å². The lowest BCUT2D eigenvalue weighted by atomic mass is 9.94. The number of carbonyl (C=O) groups excluding carboxylic acids is 3. The van der Waals surface area contributed by atoms with Gasteiger partial charge in [0.05, 0.1) is 20.0 Å². The second-order valence-electron chi connectivity index (χ2n) is 8.17. The van der Waals surface area contributed by atoms with Crippen LogP contribution in [-0.2, 0) is 17.9 Å². The van der Waals surface area contributed by atoms with Gasteiger partial charge in [-0.2, -0.15) is 0 Å². The third-order valence-corrected chi connectivity index (χ3v) is 5.90. The zero-order valence-electron chi connectivity index (χ0n) is 18.0. The SMILES string of the molecule is CCN1C(=O)c2c(C(=O)NC3CC3)ncn2C[C@@]1(C)C(=O)NCc1ccc(OC)cc1. The van der Waals surface area contributed by atoms with Gasteiger partial charge >= 0.3 is 0 Å². The summed E-state index contributed by atoms with van der Waals surface area (Å²) in [5.41, 5.74) is 0.178. The number of hydrogen-bond donors (Lipinski definition) is 2. The first kappa shape index (κ1) is 20.9. The van der Waals surface area contributed by atoms with Crippen LogP contribution in [0.3, 0.4) is 0 Å². The summed E-state index contributed by atoms with van der Waals surface area (Å²) in [4.78, 5) is 44.7. The van der Waals surface area contributed by atoms with Crippen LogP contribution in [0.2, 0.25) is 0 Å². The van der Waals surface area contributed by atoms with Crippen molar-refractivity contribution in [3.05, 3.63) is 47.5 Å². The minimum Gasteiger partial charge on any atom is -0.497 e. The molecule has 1 aromatic heterocycles. The van der Waals surface area contributed by atoms with E-state index in [1.165, 1.54) is 11.2 Å². The van der Waals surface area contributed by atoms with Crippen LogP contribution in [0.15, 0.2) is 30.6 Å². The Morgan fingerprint density at radius 1 is 1.26 bits per heavy atom. The number of aromatic nitrogens is 2. The van der Waals surface area contributed by atoms with Gasteiger partial charge < -0.3 is 24.8 Å². The molecular formula is C22H27N5O4. The molecular weight excluding hydrogens is 398 g/mol. The molecule has 1 aliphatic carbocycles. The number of ether oxygens (including phenoxy) is 1. The number of methoxy groups -OCH3 is 1. The van der Waals surface area contributed by atoms with E-state index in [2.05, 4.69) is 15.6 Å². The lowest BCUT2D eigenvalue weighted by molar-refractivity contribution is -0.132. The molecule has 31 heavy (non-hydrogen) atoms. The molecule has 9 nitrogen and oxygen atoms in total. The normalized spacial score (nSPS) is 20.2. The van der Waals surface area contributed by atoms with E-state index in [0.29, 0.717) is 13.1 Å². The van der Waals surface area contributed by atoms with Gasteiger partial charge in [0.2, 0.25) is 5.91 Å². The predicted octanol–water partition coefficient (Wildman–Crippen LogP) is 1.33. The molecule has 4 rings (SSSR count). The topological polar surface area (TPSA) is 106 Å². The largest absolute Gasteiger partial charge is 0.497 e. The summed E-state index contributed by atoms with van der Waals surface area (Å²) >= 11 is 0. The molecule has 0 spiro atoms. The van der Waals surface area contributed by atoms with E-state index < -0.39 is 5.54 Å². The average Bonchev–Trinajstić information content (AvgIpc) is 3.48. The fraction of sp³-hybridized carbons (Fsp3) is 0.455. The molecule has 2 heterocycles. The Morgan fingerprint density at radius 2 is 1.97 bits per heavy atom. The number of benzene rings is 1. The average molecular weight is 425 g/mol. The Labute approximate surface area is 180 Å². The number of nitrogens with one attached hydrogen (secondary N) is 2. The first-order valence-corrected chi connectivity index (χ1v) is 10.5. The molecule has 0 unspecified atom stereocenters. The van der Waals surface area contributed by atoms with Crippen LogP contribution in [0.5, 0.6) is 5.75 Å². The molecule has 9 heteroatoms. The Balaban J connectivity index is 1.53. The lowest BCUT2D eigenvalue weighted by Gasteiger charge is -2.43. The molecule has 2 N–H and O–H groups in total. The molecule has 1 fully saturated rings. The van der Waals surface area contributed by atoms with Gasteiger partial charge in [0.15, 0.2) is 5.69 Å². The minimum atomic E-state index is -1.10. The van der Waals surface area contributed by atoms with Crippen LogP contribution >= 0.6 is 0 Å². The third-order valence-electron chi connectivity index (χ3n) is 5.90. The van der Waals surface area contributed by atoms with Crippen LogP contribution in [0.1, 0.15) is 53.2 Å². The fourth-order valence-electron chi connectivity index (χ4n) is 3.95. The standard InChI is InChI=1S/C22H27N5O4/c1-4-27-20(29)18-17(19(28)25-15-7-8-15)24-13-26(18)12-22(27,2)21(30)23-11-14-5-9-16(31-3)10-6-14/h5-6,9-10,13,15H,4,7-8,11-12H2,1-3H3,(H,23,30)(H,25,28)/t22-/m0/s1. The molecule has 164 valence electrons. The number of carbonyl (C=O) groups is 3. The second kappa shape index (κ2) is 8.05. The predicted molar refractivity (Wildman–Crippen MR) is 113 cm³/mol. The summed E-state index contributed by atoms with van der Waals surface area (Å²) in [7, 11) is 1.60. The molecule has 1 atom stereocenters. The maximum absolute atomic E-state index is 13.3. The van der Waals surface area contributed by atoms with Gasteiger partial charge in [0.1, 0.15) is 17.0 Å². The summed E-state index contributed by atoms with van der Waals surface area (Å²) in [5.74, 6) is -0.226. The Hall–Kier alpha value is -3.36. The molecule has 2 aromatic rings. The van der Waals surface area contributed by atoms with Gasteiger partial charge in [-0.3, -0.25) is 14.4 Å². The maximum atomic E-state index is 13.3. The van der Waals surface area contributed by atoms with Crippen molar-refractivity contribution in [3.63, 3.8) is 0 Å². The van der Waals surface area contributed by atoms with Gasteiger partial charge in [-0.15, -0.1) is 0 Å². The van der Waals surface area contributed by atoms with E-state index >= 15 is 0 Å². The monoisotopic (exact) mass is 425 g/mol. The maximum Gasteiger partial charge on any atom is 0.273 e. The molecule has 1 saturated carbocycles. The summed E-state index contributed by atoms with van der Waals surface area (Å²) in [6.45, 7) is 4.45. The number of hydrogen-bond acceptors (Lipinski definition) is 5. The number of amides is 3. The van der Waals surface area contributed by atoms with Gasteiger partial charge in [-0.05, 0) is 44.4 Å². The van der Waals surface area contributed by atoms with Crippen LogP contribution < -0.4 is 15.4 Å². The Morgan fingerprint density at radius 3 is 2.58 bits per heavy atom. The molecule has 0 bridgehead atoms. The van der Waals surface area contributed by atoms with Crippen molar-refractivity contribution < 1.29 is 19.1 Å². The smallest absolute Gasteiger partial charge is 0.273 e. The van der Waals surface area contributed by atoms with E-state index in [1.807, 2.05) is 31.2 Å². The van der Waals surface area contributed by atoms with E-state index in [0.717, 1.165) is 24.2 Å². The zero-order chi connectivity index (χ0) is 22.2. The number of fused-ring (bicyclic) bond motifs is 1. The van der Waals surface area contributed by atoms with Crippen molar-refractivity contribution in [2.24, 2.45) is 0 Å². The highest BCUT2D eigenvalue weighted by atomic mass is 16.5.